The van der Waals surface area contributed by atoms with Crippen molar-refractivity contribution in [3.05, 3.63) is 129 Å². The third kappa shape index (κ3) is 7.56. The van der Waals surface area contributed by atoms with Crippen molar-refractivity contribution in [3.63, 3.8) is 0 Å². The molecule has 0 bridgehead atoms. The van der Waals surface area contributed by atoms with Crippen LogP contribution in [0, 0.1) is 13.8 Å². The number of hydrogen-bond acceptors (Lipinski definition) is 2. The standard InChI is InChI=1S/C38H48N2/c1-5-6-7-8-9-10-23-38(4,34-17-11-30(12-18-34)26-32-15-21-36(39)24-28(32)2)35-19-13-31(14-20-35)27-33-16-22-37(40)25-29(33)3/h11-22,24-25H,5-10,23,26-27,39-40H2,1-4H3. The number of hydrogen-bond donors (Lipinski definition) is 2. The van der Waals surface area contributed by atoms with Gasteiger partial charge in [-0.2, -0.15) is 0 Å². The van der Waals surface area contributed by atoms with Gasteiger partial charge in [0, 0.05) is 16.8 Å². The Hall–Kier alpha value is -3.52. The maximum atomic E-state index is 5.97. The average molecular weight is 533 g/mol. The van der Waals surface area contributed by atoms with Gasteiger partial charge >= 0.3 is 0 Å². The summed E-state index contributed by atoms with van der Waals surface area (Å²) in [6.07, 6.45) is 10.9. The molecule has 0 amide bonds. The summed E-state index contributed by atoms with van der Waals surface area (Å²) in [5.74, 6) is 0. The first-order chi connectivity index (χ1) is 19.3. The Morgan fingerprint density at radius 3 is 1.40 bits per heavy atom. The molecule has 210 valence electrons. The van der Waals surface area contributed by atoms with Gasteiger partial charge < -0.3 is 11.5 Å². The van der Waals surface area contributed by atoms with Crippen LogP contribution in [0.3, 0.4) is 0 Å². The molecule has 0 saturated carbocycles. The lowest BCUT2D eigenvalue weighted by atomic mass is 9.72. The Kier molecular flexibility index (Phi) is 10.1. The van der Waals surface area contributed by atoms with Crippen LogP contribution in [-0.4, -0.2) is 0 Å². The molecule has 0 aliphatic rings. The molecule has 0 radical (unpaired) electrons. The van der Waals surface area contributed by atoms with Crippen LogP contribution in [0.1, 0.15) is 103 Å². The third-order valence-corrected chi connectivity index (χ3v) is 8.73. The zero-order valence-corrected chi connectivity index (χ0v) is 25.1. The van der Waals surface area contributed by atoms with Crippen molar-refractivity contribution in [2.24, 2.45) is 0 Å². The van der Waals surface area contributed by atoms with E-state index in [0.717, 1.165) is 30.6 Å². The zero-order chi connectivity index (χ0) is 28.5. The first kappa shape index (κ1) is 29.5. The van der Waals surface area contributed by atoms with E-state index in [0.29, 0.717) is 0 Å². The molecule has 0 aromatic heterocycles. The number of nitrogen functional groups attached to an aromatic ring is 2. The van der Waals surface area contributed by atoms with Crippen LogP contribution in [0.15, 0.2) is 84.9 Å². The average Bonchev–Trinajstić information content (AvgIpc) is 2.94. The smallest absolute Gasteiger partial charge is 0.0316 e. The normalized spacial score (nSPS) is 11.6. The summed E-state index contributed by atoms with van der Waals surface area (Å²) in [7, 11) is 0. The number of rotatable bonds is 13. The van der Waals surface area contributed by atoms with E-state index in [2.05, 4.69) is 100 Å². The molecule has 0 saturated heterocycles. The predicted octanol–water partition coefficient (Wildman–Crippen LogP) is 9.71. The molecule has 2 heteroatoms. The van der Waals surface area contributed by atoms with Gasteiger partial charge in [-0.15, -0.1) is 0 Å². The first-order valence-electron chi connectivity index (χ1n) is 15.2. The molecular formula is C38H48N2. The number of unbranched alkanes of at least 4 members (excludes halogenated alkanes) is 5. The van der Waals surface area contributed by atoms with Gasteiger partial charge in [-0.25, -0.2) is 0 Å². The molecule has 0 aliphatic carbocycles. The van der Waals surface area contributed by atoms with Crippen molar-refractivity contribution >= 4 is 11.4 Å². The maximum absolute atomic E-state index is 5.97. The highest BCUT2D eigenvalue weighted by Crippen LogP contribution is 2.38. The summed E-state index contributed by atoms with van der Waals surface area (Å²) in [5, 5.41) is 0. The lowest BCUT2D eigenvalue weighted by Gasteiger charge is -2.32. The summed E-state index contributed by atoms with van der Waals surface area (Å²) in [4.78, 5) is 0. The maximum Gasteiger partial charge on any atom is 0.0316 e. The monoisotopic (exact) mass is 532 g/mol. The second-order valence-electron chi connectivity index (χ2n) is 12.0. The van der Waals surface area contributed by atoms with Gasteiger partial charge in [-0.1, -0.05) is 113 Å². The second kappa shape index (κ2) is 13.7. The van der Waals surface area contributed by atoms with Gasteiger partial charge in [0.25, 0.3) is 0 Å². The molecule has 4 N–H and O–H groups in total. The van der Waals surface area contributed by atoms with Crippen LogP contribution in [0.4, 0.5) is 11.4 Å². The van der Waals surface area contributed by atoms with E-state index in [1.807, 2.05) is 12.1 Å². The van der Waals surface area contributed by atoms with Crippen LogP contribution < -0.4 is 11.5 Å². The molecule has 0 spiro atoms. The Morgan fingerprint density at radius 2 is 0.975 bits per heavy atom. The minimum Gasteiger partial charge on any atom is -0.399 e. The van der Waals surface area contributed by atoms with E-state index in [1.165, 1.54) is 83.0 Å². The highest BCUT2D eigenvalue weighted by atomic mass is 14.5. The lowest BCUT2D eigenvalue weighted by molar-refractivity contribution is 0.472. The Balaban J connectivity index is 1.54. The molecule has 2 nitrogen and oxygen atoms in total. The van der Waals surface area contributed by atoms with Gasteiger partial charge in [0.15, 0.2) is 0 Å². The first-order valence-corrected chi connectivity index (χ1v) is 15.2. The molecule has 0 atom stereocenters. The summed E-state index contributed by atoms with van der Waals surface area (Å²) in [6, 6.07) is 31.2. The summed E-state index contributed by atoms with van der Waals surface area (Å²) in [6.45, 7) is 9.02. The number of nitrogens with two attached hydrogens (primary N) is 2. The second-order valence-corrected chi connectivity index (χ2v) is 12.0. The summed E-state index contributed by atoms with van der Waals surface area (Å²) in [5.41, 5.74) is 24.3. The largest absolute Gasteiger partial charge is 0.399 e. The molecule has 4 aromatic carbocycles. The van der Waals surface area contributed by atoms with E-state index in [-0.39, 0.29) is 5.41 Å². The van der Waals surface area contributed by atoms with Crippen molar-refractivity contribution in [2.75, 3.05) is 11.5 Å². The van der Waals surface area contributed by atoms with Crippen molar-refractivity contribution in [2.45, 2.75) is 90.9 Å². The highest BCUT2D eigenvalue weighted by molar-refractivity contribution is 5.48. The van der Waals surface area contributed by atoms with Crippen LogP contribution in [0.5, 0.6) is 0 Å². The quantitative estimate of drug-likeness (QED) is 0.133. The zero-order valence-electron chi connectivity index (χ0n) is 25.1. The minimum atomic E-state index is -0.0178. The van der Waals surface area contributed by atoms with Crippen molar-refractivity contribution < 1.29 is 0 Å². The molecule has 40 heavy (non-hydrogen) atoms. The van der Waals surface area contributed by atoms with Gasteiger partial charge in [-0.3, -0.25) is 0 Å². The number of anilines is 2. The van der Waals surface area contributed by atoms with Crippen LogP contribution in [0.2, 0.25) is 0 Å². The van der Waals surface area contributed by atoms with Crippen molar-refractivity contribution in [3.8, 4) is 0 Å². The van der Waals surface area contributed by atoms with Gasteiger partial charge in [-0.05, 0) is 102 Å². The number of benzene rings is 4. The molecular weight excluding hydrogens is 484 g/mol. The Labute approximate surface area is 242 Å². The minimum absolute atomic E-state index is 0.0178. The van der Waals surface area contributed by atoms with Gasteiger partial charge in [0.1, 0.15) is 0 Å². The lowest BCUT2D eigenvalue weighted by Crippen LogP contribution is -2.24. The van der Waals surface area contributed by atoms with Gasteiger partial charge in [0.2, 0.25) is 0 Å². The Morgan fingerprint density at radius 1 is 0.550 bits per heavy atom. The van der Waals surface area contributed by atoms with E-state index in [4.69, 9.17) is 11.5 Å². The van der Waals surface area contributed by atoms with Crippen LogP contribution in [0.25, 0.3) is 0 Å². The van der Waals surface area contributed by atoms with E-state index in [1.54, 1.807) is 0 Å². The predicted molar refractivity (Wildman–Crippen MR) is 174 cm³/mol. The fraction of sp³-hybridized carbons (Fsp3) is 0.368. The van der Waals surface area contributed by atoms with E-state index < -0.39 is 0 Å². The highest BCUT2D eigenvalue weighted by Gasteiger charge is 2.28. The van der Waals surface area contributed by atoms with Crippen LogP contribution in [-0.2, 0) is 18.3 Å². The van der Waals surface area contributed by atoms with Gasteiger partial charge in [0.05, 0.1) is 0 Å². The molecule has 4 aromatic rings. The van der Waals surface area contributed by atoms with E-state index >= 15 is 0 Å². The summed E-state index contributed by atoms with van der Waals surface area (Å²) >= 11 is 0. The number of aryl methyl sites for hydroxylation is 2. The third-order valence-electron chi connectivity index (χ3n) is 8.73. The fourth-order valence-corrected chi connectivity index (χ4v) is 5.97. The summed E-state index contributed by atoms with van der Waals surface area (Å²) < 4.78 is 0. The molecule has 4 rings (SSSR count). The molecule has 0 aliphatic heterocycles. The topological polar surface area (TPSA) is 52.0 Å². The molecule has 0 fully saturated rings. The van der Waals surface area contributed by atoms with Crippen LogP contribution >= 0.6 is 0 Å². The Bertz CT molecular complexity index is 1270. The van der Waals surface area contributed by atoms with Crippen molar-refractivity contribution in [1.29, 1.82) is 0 Å². The molecule has 0 unspecified atom stereocenters. The fourth-order valence-electron chi connectivity index (χ4n) is 5.97. The van der Waals surface area contributed by atoms with Crippen molar-refractivity contribution in [1.82, 2.24) is 0 Å². The SMILES string of the molecule is CCCCCCCCC(C)(c1ccc(Cc2ccc(N)cc2C)cc1)c1ccc(Cc2ccc(N)cc2C)cc1. The van der Waals surface area contributed by atoms with E-state index in [9.17, 15) is 0 Å². The molecule has 0 heterocycles.